The molecule has 0 fully saturated rings. The highest BCUT2D eigenvalue weighted by atomic mass is 32.1. The number of thiazole rings is 1. The fraction of sp³-hybridized carbons (Fsp3) is 0.310. The molecule has 1 amide bonds. The van der Waals surface area contributed by atoms with Gasteiger partial charge in [-0.15, -0.1) is 0 Å². The molecule has 1 heterocycles. The smallest absolute Gasteiger partial charge is 0.233 e. The van der Waals surface area contributed by atoms with Crippen LogP contribution in [0.1, 0.15) is 26.3 Å². The van der Waals surface area contributed by atoms with Crippen LogP contribution in [0.25, 0.3) is 21.3 Å². The number of carbonyl (C=O) groups is 1. The molecule has 182 valence electrons. The van der Waals surface area contributed by atoms with Crippen molar-refractivity contribution in [2.75, 3.05) is 37.7 Å². The molecule has 0 spiro atoms. The SMILES string of the molecule is CCOc1ccc2nc(N(CCN(CC)CC)C(=O)Cc3ccc(-c4ccccc4)cc3)sc2c1. The first-order valence-electron chi connectivity index (χ1n) is 12.3. The predicted molar refractivity (Wildman–Crippen MR) is 147 cm³/mol. The monoisotopic (exact) mass is 487 g/mol. The molecule has 0 atom stereocenters. The highest BCUT2D eigenvalue weighted by Gasteiger charge is 2.21. The zero-order valence-corrected chi connectivity index (χ0v) is 21.6. The van der Waals surface area contributed by atoms with Crippen LogP contribution in [0.15, 0.2) is 72.8 Å². The topological polar surface area (TPSA) is 45.7 Å². The van der Waals surface area contributed by atoms with Crippen LogP contribution < -0.4 is 9.64 Å². The number of fused-ring (bicyclic) bond motifs is 1. The molecule has 1 aromatic heterocycles. The molecule has 0 aliphatic carbocycles. The average Bonchev–Trinajstić information content (AvgIpc) is 3.31. The number of ether oxygens (including phenoxy) is 1. The Hall–Kier alpha value is -3.22. The third kappa shape index (κ3) is 6.27. The minimum atomic E-state index is 0.0636. The number of benzene rings is 3. The molecule has 4 aromatic rings. The Morgan fingerprint density at radius 2 is 1.60 bits per heavy atom. The van der Waals surface area contributed by atoms with E-state index < -0.39 is 0 Å². The molecule has 6 heteroatoms. The summed E-state index contributed by atoms with van der Waals surface area (Å²) in [5.74, 6) is 0.892. The predicted octanol–water partition coefficient (Wildman–Crippen LogP) is 6.28. The number of aromatic nitrogens is 1. The van der Waals surface area contributed by atoms with Gasteiger partial charge in [-0.05, 0) is 54.9 Å². The molecule has 0 bridgehead atoms. The number of carbonyl (C=O) groups excluding carboxylic acids is 1. The highest BCUT2D eigenvalue weighted by Crippen LogP contribution is 2.32. The van der Waals surface area contributed by atoms with Gasteiger partial charge >= 0.3 is 0 Å². The van der Waals surface area contributed by atoms with Crippen LogP contribution in [0.3, 0.4) is 0 Å². The molecule has 0 N–H and O–H groups in total. The van der Waals surface area contributed by atoms with E-state index in [-0.39, 0.29) is 5.91 Å². The van der Waals surface area contributed by atoms with Crippen LogP contribution in [0.2, 0.25) is 0 Å². The lowest BCUT2D eigenvalue weighted by Crippen LogP contribution is -2.39. The summed E-state index contributed by atoms with van der Waals surface area (Å²) in [5.41, 5.74) is 4.21. The van der Waals surface area contributed by atoms with Crippen molar-refractivity contribution in [1.29, 1.82) is 0 Å². The molecule has 0 saturated carbocycles. The quantitative estimate of drug-likeness (QED) is 0.250. The van der Waals surface area contributed by atoms with E-state index >= 15 is 0 Å². The molecule has 4 rings (SSSR count). The summed E-state index contributed by atoms with van der Waals surface area (Å²) in [4.78, 5) is 22.5. The molecule has 0 aliphatic rings. The molecule has 0 saturated heterocycles. The summed E-state index contributed by atoms with van der Waals surface area (Å²) in [6.07, 6.45) is 0.341. The van der Waals surface area contributed by atoms with Crippen LogP contribution in [0, 0.1) is 0 Å². The number of anilines is 1. The van der Waals surface area contributed by atoms with Gasteiger partial charge in [-0.2, -0.15) is 0 Å². The first kappa shape index (κ1) is 24.9. The Labute approximate surface area is 212 Å². The van der Waals surface area contributed by atoms with Gasteiger partial charge in [-0.3, -0.25) is 9.69 Å². The minimum absolute atomic E-state index is 0.0636. The van der Waals surface area contributed by atoms with E-state index in [0.717, 1.165) is 51.9 Å². The summed E-state index contributed by atoms with van der Waals surface area (Å²) in [6.45, 7) is 10.2. The second-order valence-corrected chi connectivity index (χ2v) is 9.38. The third-order valence-electron chi connectivity index (χ3n) is 6.14. The van der Waals surface area contributed by atoms with E-state index in [0.29, 0.717) is 19.6 Å². The van der Waals surface area contributed by atoms with Crippen molar-refractivity contribution in [3.05, 3.63) is 78.4 Å². The number of rotatable bonds is 11. The Bertz CT molecular complexity index is 1230. The normalized spacial score (nSPS) is 11.2. The van der Waals surface area contributed by atoms with Crippen molar-refractivity contribution in [2.24, 2.45) is 0 Å². The van der Waals surface area contributed by atoms with E-state index in [9.17, 15) is 4.79 Å². The lowest BCUT2D eigenvalue weighted by molar-refractivity contribution is -0.118. The van der Waals surface area contributed by atoms with Crippen molar-refractivity contribution < 1.29 is 9.53 Å². The summed E-state index contributed by atoms with van der Waals surface area (Å²) in [6, 6.07) is 24.5. The van der Waals surface area contributed by atoms with Gasteiger partial charge in [0.2, 0.25) is 5.91 Å². The van der Waals surface area contributed by atoms with E-state index in [1.807, 2.05) is 48.2 Å². The summed E-state index contributed by atoms with van der Waals surface area (Å²) in [7, 11) is 0. The second-order valence-electron chi connectivity index (χ2n) is 8.37. The zero-order chi connectivity index (χ0) is 24.6. The Morgan fingerprint density at radius 1 is 0.886 bits per heavy atom. The summed E-state index contributed by atoms with van der Waals surface area (Å²) >= 11 is 1.55. The highest BCUT2D eigenvalue weighted by molar-refractivity contribution is 7.22. The maximum atomic E-state index is 13.6. The van der Waals surface area contributed by atoms with Crippen molar-refractivity contribution in [2.45, 2.75) is 27.2 Å². The Morgan fingerprint density at radius 3 is 2.29 bits per heavy atom. The van der Waals surface area contributed by atoms with Crippen LogP contribution in [-0.2, 0) is 11.2 Å². The number of likely N-dealkylation sites (N-methyl/N-ethyl adjacent to an activating group) is 1. The van der Waals surface area contributed by atoms with Gasteiger partial charge in [0.25, 0.3) is 0 Å². The van der Waals surface area contributed by atoms with Gasteiger partial charge in [0.15, 0.2) is 5.13 Å². The second kappa shape index (κ2) is 12.0. The van der Waals surface area contributed by atoms with E-state index in [1.165, 1.54) is 5.56 Å². The lowest BCUT2D eigenvalue weighted by Gasteiger charge is -2.24. The molecule has 5 nitrogen and oxygen atoms in total. The first-order chi connectivity index (χ1) is 17.1. The summed E-state index contributed by atoms with van der Waals surface area (Å²) < 4.78 is 6.68. The zero-order valence-electron chi connectivity index (χ0n) is 20.7. The van der Waals surface area contributed by atoms with Crippen molar-refractivity contribution >= 4 is 32.6 Å². The van der Waals surface area contributed by atoms with Gasteiger partial charge < -0.3 is 9.64 Å². The maximum absolute atomic E-state index is 13.6. The molecule has 35 heavy (non-hydrogen) atoms. The Balaban J connectivity index is 1.56. The van der Waals surface area contributed by atoms with Gasteiger partial charge in [0, 0.05) is 13.1 Å². The van der Waals surface area contributed by atoms with E-state index in [1.54, 1.807) is 11.3 Å². The maximum Gasteiger partial charge on any atom is 0.233 e. The van der Waals surface area contributed by atoms with Gasteiger partial charge in [0.05, 0.1) is 23.2 Å². The van der Waals surface area contributed by atoms with Crippen molar-refractivity contribution in [1.82, 2.24) is 9.88 Å². The van der Waals surface area contributed by atoms with Gasteiger partial charge in [-0.25, -0.2) is 4.98 Å². The molecule has 0 aliphatic heterocycles. The molecule has 0 unspecified atom stereocenters. The van der Waals surface area contributed by atoms with Crippen LogP contribution in [0.4, 0.5) is 5.13 Å². The van der Waals surface area contributed by atoms with Crippen LogP contribution >= 0.6 is 11.3 Å². The third-order valence-corrected chi connectivity index (χ3v) is 7.18. The summed E-state index contributed by atoms with van der Waals surface area (Å²) in [5, 5.41) is 0.742. The number of hydrogen-bond acceptors (Lipinski definition) is 5. The van der Waals surface area contributed by atoms with Crippen LogP contribution in [-0.4, -0.2) is 48.6 Å². The van der Waals surface area contributed by atoms with Crippen LogP contribution in [0.5, 0.6) is 5.75 Å². The molecule has 3 aromatic carbocycles. The molecule has 0 radical (unpaired) electrons. The Kier molecular flexibility index (Phi) is 8.50. The number of amides is 1. The van der Waals surface area contributed by atoms with Gasteiger partial charge in [-0.1, -0.05) is 79.8 Å². The first-order valence-corrected chi connectivity index (χ1v) is 13.1. The van der Waals surface area contributed by atoms with Gasteiger partial charge in [0.1, 0.15) is 5.75 Å². The lowest BCUT2D eigenvalue weighted by atomic mass is 10.0. The van der Waals surface area contributed by atoms with E-state index in [2.05, 4.69) is 55.1 Å². The molecular weight excluding hydrogens is 454 g/mol. The minimum Gasteiger partial charge on any atom is -0.494 e. The fourth-order valence-corrected chi connectivity index (χ4v) is 5.13. The average molecular weight is 488 g/mol. The standard InChI is InChI=1S/C29H33N3O2S/c1-4-31(5-2)18-19-32(29-30-26-17-16-25(34-6-3)21-27(26)35-29)28(33)20-22-12-14-24(15-13-22)23-10-8-7-9-11-23/h7-17,21H,4-6,18-20H2,1-3H3. The van der Waals surface area contributed by atoms with E-state index in [4.69, 9.17) is 9.72 Å². The fourth-order valence-electron chi connectivity index (χ4n) is 4.09. The van der Waals surface area contributed by atoms with Crippen molar-refractivity contribution in [3.63, 3.8) is 0 Å². The molecular formula is C29H33N3O2S. The number of nitrogens with zero attached hydrogens (tertiary/aromatic N) is 3. The van der Waals surface area contributed by atoms with Crippen molar-refractivity contribution in [3.8, 4) is 16.9 Å². The largest absolute Gasteiger partial charge is 0.494 e. The number of hydrogen-bond donors (Lipinski definition) is 0.